The van der Waals surface area contributed by atoms with Crippen molar-refractivity contribution in [3.8, 4) is 0 Å². The van der Waals surface area contributed by atoms with Crippen molar-refractivity contribution in [2.75, 3.05) is 13.2 Å². The molecule has 1 heterocycles. The van der Waals surface area contributed by atoms with Crippen LogP contribution in [0.4, 0.5) is 13.2 Å². The molecule has 1 saturated heterocycles. The van der Waals surface area contributed by atoms with Crippen LogP contribution in [0.25, 0.3) is 0 Å². The van der Waals surface area contributed by atoms with Gasteiger partial charge in [0.15, 0.2) is 5.79 Å². The predicted molar refractivity (Wildman–Crippen MR) is 80.4 cm³/mol. The Morgan fingerprint density at radius 1 is 1.21 bits per heavy atom. The molecule has 24 heavy (non-hydrogen) atoms. The number of alkyl halides is 3. The van der Waals surface area contributed by atoms with Crippen LogP contribution in [0.1, 0.15) is 48.0 Å². The molecule has 1 amide bonds. The number of carbonyl (C=O) groups excluding carboxylic acids is 1. The average molecular weight is 343 g/mol. The van der Waals surface area contributed by atoms with Crippen LogP contribution >= 0.6 is 0 Å². The van der Waals surface area contributed by atoms with E-state index in [-0.39, 0.29) is 18.2 Å². The van der Waals surface area contributed by atoms with E-state index < -0.39 is 23.4 Å². The van der Waals surface area contributed by atoms with Gasteiger partial charge in [-0.05, 0) is 25.0 Å². The Kier molecular flexibility index (Phi) is 4.83. The minimum Gasteiger partial charge on any atom is -0.349 e. The SMILES string of the molecule is O=C(NCC1COC2(CCCCC2)O1)c1ccccc1C(F)(F)F. The third-order valence-electron chi connectivity index (χ3n) is 4.50. The van der Waals surface area contributed by atoms with Gasteiger partial charge in [-0.15, -0.1) is 0 Å². The number of nitrogens with one attached hydrogen (secondary N) is 1. The van der Waals surface area contributed by atoms with Gasteiger partial charge in [-0.2, -0.15) is 13.2 Å². The van der Waals surface area contributed by atoms with E-state index >= 15 is 0 Å². The number of amides is 1. The summed E-state index contributed by atoms with van der Waals surface area (Å²) in [6, 6.07) is 4.75. The highest BCUT2D eigenvalue weighted by atomic mass is 19.4. The van der Waals surface area contributed by atoms with Crippen LogP contribution in [0.5, 0.6) is 0 Å². The summed E-state index contributed by atoms with van der Waals surface area (Å²) in [6.07, 6.45) is 0.000693. The van der Waals surface area contributed by atoms with E-state index in [1.54, 1.807) is 0 Å². The lowest BCUT2D eigenvalue weighted by atomic mass is 9.94. The van der Waals surface area contributed by atoms with Gasteiger partial charge in [-0.1, -0.05) is 18.6 Å². The zero-order valence-electron chi connectivity index (χ0n) is 13.2. The monoisotopic (exact) mass is 343 g/mol. The van der Waals surface area contributed by atoms with Crippen LogP contribution < -0.4 is 5.32 Å². The van der Waals surface area contributed by atoms with Gasteiger partial charge in [-0.3, -0.25) is 4.79 Å². The maximum absolute atomic E-state index is 13.0. The van der Waals surface area contributed by atoms with Gasteiger partial charge in [0.2, 0.25) is 0 Å². The molecule has 4 nitrogen and oxygen atoms in total. The smallest absolute Gasteiger partial charge is 0.349 e. The zero-order chi connectivity index (χ0) is 17.2. The maximum Gasteiger partial charge on any atom is 0.417 e. The first-order valence-electron chi connectivity index (χ1n) is 8.16. The van der Waals surface area contributed by atoms with Crippen LogP contribution in [0.15, 0.2) is 24.3 Å². The lowest BCUT2D eigenvalue weighted by Crippen LogP contribution is -2.37. The van der Waals surface area contributed by atoms with Crippen molar-refractivity contribution in [2.45, 2.75) is 50.2 Å². The molecular weight excluding hydrogens is 323 g/mol. The Morgan fingerprint density at radius 2 is 1.92 bits per heavy atom. The Hall–Kier alpha value is -1.60. The second-order valence-electron chi connectivity index (χ2n) is 6.28. The number of carbonyl (C=O) groups is 1. The Bertz CT molecular complexity index is 597. The van der Waals surface area contributed by atoms with Gasteiger partial charge >= 0.3 is 6.18 Å². The van der Waals surface area contributed by atoms with Gasteiger partial charge in [0.1, 0.15) is 6.10 Å². The molecule has 2 aliphatic rings. The normalized spacial score (nSPS) is 23.4. The van der Waals surface area contributed by atoms with Crippen molar-refractivity contribution in [2.24, 2.45) is 0 Å². The van der Waals surface area contributed by atoms with Crippen molar-refractivity contribution >= 4 is 5.91 Å². The van der Waals surface area contributed by atoms with Crippen LogP contribution in [0.3, 0.4) is 0 Å². The van der Waals surface area contributed by atoms with Gasteiger partial charge in [0, 0.05) is 19.4 Å². The van der Waals surface area contributed by atoms with Crippen molar-refractivity contribution in [1.29, 1.82) is 0 Å². The van der Waals surface area contributed by atoms with Crippen molar-refractivity contribution in [3.05, 3.63) is 35.4 Å². The number of ether oxygens (including phenoxy) is 2. The summed E-state index contributed by atoms with van der Waals surface area (Å²) in [5.41, 5.74) is -1.31. The second-order valence-corrected chi connectivity index (χ2v) is 6.28. The first-order valence-corrected chi connectivity index (χ1v) is 8.16. The van der Waals surface area contributed by atoms with Crippen LogP contribution in [0, 0.1) is 0 Å². The zero-order valence-corrected chi connectivity index (χ0v) is 13.2. The van der Waals surface area contributed by atoms with E-state index in [2.05, 4.69) is 5.32 Å². The first-order chi connectivity index (χ1) is 11.4. The van der Waals surface area contributed by atoms with Gasteiger partial charge in [0.25, 0.3) is 5.91 Å². The molecule has 1 aromatic carbocycles. The number of benzene rings is 1. The van der Waals surface area contributed by atoms with Crippen LogP contribution in [0.2, 0.25) is 0 Å². The van der Waals surface area contributed by atoms with E-state index in [0.717, 1.165) is 38.2 Å². The predicted octanol–water partition coefficient (Wildman–Crippen LogP) is 3.51. The van der Waals surface area contributed by atoms with Gasteiger partial charge in [0.05, 0.1) is 17.7 Å². The second kappa shape index (κ2) is 6.72. The molecule has 1 aliphatic heterocycles. The molecule has 132 valence electrons. The fraction of sp³-hybridized carbons (Fsp3) is 0.588. The molecule has 1 atom stereocenters. The molecule has 7 heteroatoms. The minimum absolute atomic E-state index is 0.132. The summed E-state index contributed by atoms with van der Waals surface area (Å²) in [4.78, 5) is 12.1. The Balaban J connectivity index is 1.59. The molecular formula is C17H20F3NO3. The standard InChI is InChI=1S/C17H20F3NO3/c18-17(19,20)14-7-3-2-6-13(14)15(22)21-10-12-11-23-16(24-12)8-4-1-5-9-16/h2-3,6-7,12H,1,4-5,8-11H2,(H,21,22). The van der Waals surface area contributed by atoms with E-state index in [1.807, 2.05) is 0 Å². The Morgan fingerprint density at radius 3 is 2.62 bits per heavy atom. The lowest BCUT2D eigenvalue weighted by Gasteiger charge is -2.31. The molecule has 1 N–H and O–H groups in total. The van der Waals surface area contributed by atoms with Crippen molar-refractivity contribution in [1.82, 2.24) is 5.32 Å². The van der Waals surface area contributed by atoms with Crippen molar-refractivity contribution < 1.29 is 27.4 Å². The van der Waals surface area contributed by atoms with Gasteiger partial charge in [-0.25, -0.2) is 0 Å². The maximum atomic E-state index is 13.0. The molecule has 0 bridgehead atoms. The largest absolute Gasteiger partial charge is 0.417 e. The molecule has 2 fully saturated rings. The lowest BCUT2D eigenvalue weighted by molar-refractivity contribution is -0.186. The van der Waals surface area contributed by atoms with Crippen LogP contribution in [-0.2, 0) is 15.7 Å². The highest BCUT2D eigenvalue weighted by molar-refractivity contribution is 5.95. The molecule has 1 spiro atoms. The number of halogens is 3. The average Bonchev–Trinajstić information content (AvgIpc) is 2.95. The molecule has 1 aliphatic carbocycles. The minimum atomic E-state index is -4.56. The third kappa shape index (κ3) is 3.72. The fourth-order valence-electron chi connectivity index (χ4n) is 3.30. The number of hydrogen-bond acceptors (Lipinski definition) is 3. The summed E-state index contributed by atoms with van der Waals surface area (Å²) in [5, 5.41) is 2.53. The quantitative estimate of drug-likeness (QED) is 0.914. The first kappa shape index (κ1) is 17.2. The molecule has 3 rings (SSSR count). The van der Waals surface area contributed by atoms with E-state index in [1.165, 1.54) is 18.2 Å². The molecule has 1 aromatic rings. The molecule has 1 saturated carbocycles. The Labute approximate surface area is 138 Å². The highest BCUT2D eigenvalue weighted by Crippen LogP contribution is 2.37. The number of rotatable bonds is 3. The van der Waals surface area contributed by atoms with Gasteiger partial charge < -0.3 is 14.8 Å². The number of hydrogen-bond donors (Lipinski definition) is 1. The summed E-state index contributed by atoms with van der Waals surface area (Å²) >= 11 is 0. The molecule has 1 unspecified atom stereocenters. The molecule has 0 aromatic heterocycles. The van der Waals surface area contributed by atoms with E-state index in [4.69, 9.17) is 9.47 Å². The third-order valence-corrected chi connectivity index (χ3v) is 4.50. The summed E-state index contributed by atoms with van der Waals surface area (Å²) in [6.45, 7) is 0.480. The molecule has 0 radical (unpaired) electrons. The highest BCUT2D eigenvalue weighted by Gasteiger charge is 2.42. The van der Waals surface area contributed by atoms with E-state index in [9.17, 15) is 18.0 Å². The van der Waals surface area contributed by atoms with Crippen LogP contribution in [-0.4, -0.2) is 30.9 Å². The van der Waals surface area contributed by atoms with Crippen molar-refractivity contribution in [3.63, 3.8) is 0 Å². The summed E-state index contributed by atoms with van der Waals surface area (Å²) in [7, 11) is 0. The topological polar surface area (TPSA) is 47.6 Å². The summed E-state index contributed by atoms with van der Waals surface area (Å²) in [5.74, 6) is -1.31. The fourth-order valence-corrected chi connectivity index (χ4v) is 3.30. The summed E-state index contributed by atoms with van der Waals surface area (Å²) < 4.78 is 50.6. The van der Waals surface area contributed by atoms with E-state index in [0.29, 0.717) is 6.61 Å².